The molecule has 0 heterocycles. The predicted octanol–water partition coefficient (Wildman–Crippen LogP) is 5.49. The average molecular weight is 523 g/mol. The van der Waals surface area contributed by atoms with Crippen LogP contribution in [0.3, 0.4) is 0 Å². The molecule has 144 valence electrons. The Morgan fingerprint density at radius 2 is 1.73 bits per heavy atom. The van der Waals surface area contributed by atoms with Gasteiger partial charge in [0.05, 0.1) is 21.7 Å². The number of halogens is 6. The standard InChI is InChI=1S/C17H16Cl2F3IO3/c1-17(2)9(4-10(18)19)11(17)16(24)26-6-8-13(21)12(20)7(5-25-3)14(22)15(8)23/h4,9,11H,5-6H2,1-3H3/t9-,11+/m1/s1. The van der Waals surface area contributed by atoms with Crippen molar-refractivity contribution in [2.24, 2.45) is 17.3 Å². The zero-order valence-corrected chi connectivity index (χ0v) is 17.8. The van der Waals surface area contributed by atoms with E-state index in [1.807, 2.05) is 13.8 Å². The monoisotopic (exact) mass is 522 g/mol. The van der Waals surface area contributed by atoms with Gasteiger partial charge in [-0.25, -0.2) is 13.2 Å². The van der Waals surface area contributed by atoms with Crippen LogP contribution in [0.15, 0.2) is 10.6 Å². The van der Waals surface area contributed by atoms with E-state index in [4.69, 9.17) is 27.9 Å². The van der Waals surface area contributed by atoms with E-state index in [-0.39, 0.29) is 19.5 Å². The number of ether oxygens (including phenoxy) is 2. The van der Waals surface area contributed by atoms with Gasteiger partial charge in [0.2, 0.25) is 0 Å². The lowest BCUT2D eigenvalue weighted by Gasteiger charge is -2.13. The molecule has 0 spiro atoms. The summed E-state index contributed by atoms with van der Waals surface area (Å²) in [7, 11) is 1.24. The molecule has 1 aromatic rings. The number of methoxy groups -OCH3 is 1. The second-order valence-electron chi connectivity index (χ2n) is 6.53. The van der Waals surface area contributed by atoms with Crippen molar-refractivity contribution < 1.29 is 27.4 Å². The fraction of sp³-hybridized carbons (Fsp3) is 0.471. The fourth-order valence-electron chi connectivity index (χ4n) is 2.93. The number of carbonyl (C=O) groups is 1. The van der Waals surface area contributed by atoms with Crippen molar-refractivity contribution in [3.63, 3.8) is 0 Å². The molecule has 0 saturated heterocycles. The molecule has 0 N–H and O–H groups in total. The van der Waals surface area contributed by atoms with Gasteiger partial charge in [0.15, 0.2) is 11.6 Å². The Balaban J connectivity index is 2.18. The first-order chi connectivity index (χ1) is 12.0. The van der Waals surface area contributed by atoms with Crippen molar-refractivity contribution in [1.82, 2.24) is 0 Å². The summed E-state index contributed by atoms with van der Waals surface area (Å²) in [5, 5.41) is 0. The lowest BCUT2D eigenvalue weighted by Crippen LogP contribution is -2.14. The number of esters is 1. The smallest absolute Gasteiger partial charge is 0.310 e. The molecule has 26 heavy (non-hydrogen) atoms. The van der Waals surface area contributed by atoms with Gasteiger partial charge in [0.1, 0.15) is 16.9 Å². The Bertz CT molecular complexity index is 735. The Morgan fingerprint density at radius 3 is 2.27 bits per heavy atom. The van der Waals surface area contributed by atoms with Crippen LogP contribution in [0.1, 0.15) is 25.0 Å². The van der Waals surface area contributed by atoms with Gasteiger partial charge in [-0.1, -0.05) is 37.0 Å². The lowest BCUT2D eigenvalue weighted by molar-refractivity contribution is -0.147. The van der Waals surface area contributed by atoms with Crippen LogP contribution in [-0.2, 0) is 27.5 Å². The third-order valence-electron chi connectivity index (χ3n) is 4.56. The number of rotatable bonds is 6. The summed E-state index contributed by atoms with van der Waals surface area (Å²) in [4.78, 5) is 12.3. The van der Waals surface area contributed by atoms with Crippen molar-refractivity contribution in [1.29, 1.82) is 0 Å². The average Bonchev–Trinajstić information content (AvgIpc) is 3.09. The molecule has 1 aromatic carbocycles. The van der Waals surface area contributed by atoms with Crippen LogP contribution in [0, 0.1) is 38.3 Å². The van der Waals surface area contributed by atoms with Gasteiger partial charge in [-0.15, -0.1) is 0 Å². The maximum atomic E-state index is 14.3. The molecular weight excluding hydrogens is 507 g/mol. The summed E-state index contributed by atoms with van der Waals surface area (Å²) >= 11 is 12.8. The highest BCUT2D eigenvalue weighted by Crippen LogP contribution is 2.60. The van der Waals surface area contributed by atoms with E-state index in [1.54, 1.807) is 22.6 Å². The number of hydrogen-bond acceptors (Lipinski definition) is 3. The van der Waals surface area contributed by atoms with E-state index < -0.39 is 53.5 Å². The molecule has 0 radical (unpaired) electrons. The van der Waals surface area contributed by atoms with Crippen molar-refractivity contribution in [3.8, 4) is 0 Å². The van der Waals surface area contributed by atoms with E-state index in [0.717, 1.165) is 0 Å². The van der Waals surface area contributed by atoms with Gasteiger partial charge in [-0.2, -0.15) is 0 Å². The minimum absolute atomic E-state index is 0.0387. The Kier molecular flexibility index (Phi) is 6.91. The van der Waals surface area contributed by atoms with Crippen LogP contribution in [0.2, 0.25) is 0 Å². The molecule has 0 aliphatic heterocycles. The first-order valence-electron chi connectivity index (χ1n) is 7.56. The predicted molar refractivity (Wildman–Crippen MR) is 100 cm³/mol. The molecule has 0 amide bonds. The molecule has 0 bridgehead atoms. The van der Waals surface area contributed by atoms with Crippen molar-refractivity contribution >= 4 is 51.8 Å². The van der Waals surface area contributed by atoms with Gasteiger partial charge < -0.3 is 9.47 Å². The van der Waals surface area contributed by atoms with E-state index in [9.17, 15) is 18.0 Å². The maximum absolute atomic E-state index is 14.3. The largest absolute Gasteiger partial charge is 0.460 e. The first kappa shape index (κ1) is 21.8. The molecule has 1 fully saturated rings. The highest BCUT2D eigenvalue weighted by atomic mass is 127. The minimum atomic E-state index is -1.35. The van der Waals surface area contributed by atoms with E-state index in [0.29, 0.717) is 0 Å². The number of hydrogen-bond donors (Lipinski definition) is 0. The zero-order valence-electron chi connectivity index (χ0n) is 14.1. The highest BCUT2D eigenvalue weighted by Gasteiger charge is 2.61. The van der Waals surface area contributed by atoms with Crippen LogP contribution in [0.5, 0.6) is 0 Å². The molecule has 1 aliphatic rings. The van der Waals surface area contributed by atoms with Crippen LogP contribution in [0.4, 0.5) is 13.2 Å². The number of carbonyl (C=O) groups excluding carboxylic acids is 1. The summed E-state index contributed by atoms with van der Waals surface area (Å²) in [5.74, 6) is -4.88. The summed E-state index contributed by atoms with van der Waals surface area (Å²) < 4.78 is 52.2. The maximum Gasteiger partial charge on any atom is 0.310 e. The normalized spacial score (nSPS) is 20.7. The summed E-state index contributed by atoms with van der Waals surface area (Å²) in [5.41, 5.74) is -1.28. The molecule has 9 heteroatoms. The Hall–Kier alpha value is -0.510. The Labute approximate surface area is 173 Å². The van der Waals surface area contributed by atoms with Crippen molar-refractivity contribution in [2.75, 3.05) is 7.11 Å². The number of benzene rings is 1. The Morgan fingerprint density at radius 1 is 1.15 bits per heavy atom. The van der Waals surface area contributed by atoms with E-state index in [2.05, 4.69) is 4.74 Å². The second-order valence-corrected chi connectivity index (χ2v) is 8.62. The van der Waals surface area contributed by atoms with Crippen molar-refractivity contribution in [3.05, 3.63) is 42.7 Å². The van der Waals surface area contributed by atoms with Gasteiger partial charge in [0.25, 0.3) is 0 Å². The molecule has 0 unspecified atom stereocenters. The SMILES string of the molecule is COCc1c(F)c(F)c(COC(=O)[C@@H]2[C@@H](C=C(Cl)Cl)C2(C)C)c(I)c1F. The van der Waals surface area contributed by atoms with Gasteiger partial charge in [0, 0.05) is 12.7 Å². The first-order valence-corrected chi connectivity index (χ1v) is 9.39. The molecule has 3 nitrogen and oxygen atoms in total. The summed E-state index contributed by atoms with van der Waals surface area (Å²) in [6.45, 7) is 2.68. The zero-order chi connectivity index (χ0) is 19.8. The van der Waals surface area contributed by atoms with Crippen molar-refractivity contribution in [2.45, 2.75) is 27.1 Å². The van der Waals surface area contributed by atoms with Gasteiger partial charge in [-0.3, -0.25) is 4.79 Å². The topological polar surface area (TPSA) is 35.5 Å². The number of allylic oxidation sites excluding steroid dienone is 1. The van der Waals surface area contributed by atoms with Crippen LogP contribution < -0.4 is 0 Å². The third kappa shape index (κ3) is 4.15. The molecule has 2 atom stereocenters. The van der Waals surface area contributed by atoms with Crippen LogP contribution in [-0.4, -0.2) is 13.1 Å². The molecule has 1 saturated carbocycles. The summed E-state index contributed by atoms with van der Waals surface area (Å²) in [6.07, 6.45) is 1.54. The fourth-order valence-corrected chi connectivity index (χ4v) is 3.92. The molecular formula is C17H16Cl2F3IO3. The van der Waals surface area contributed by atoms with Crippen LogP contribution >= 0.6 is 45.8 Å². The van der Waals surface area contributed by atoms with Crippen LogP contribution in [0.25, 0.3) is 0 Å². The van der Waals surface area contributed by atoms with Gasteiger partial charge >= 0.3 is 5.97 Å². The molecule has 1 aliphatic carbocycles. The van der Waals surface area contributed by atoms with E-state index >= 15 is 0 Å². The minimum Gasteiger partial charge on any atom is -0.460 e. The highest BCUT2D eigenvalue weighted by molar-refractivity contribution is 14.1. The van der Waals surface area contributed by atoms with E-state index in [1.165, 1.54) is 13.2 Å². The molecule has 0 aromatic heterocycles. The molecule has 2 rings (SSSR count). The second kappa shape index (κ2) is 8.24. The lowest BCUT2D eigenvalue weighted by atomic mass is 10.1. The summed E-state index contributed by atoms with van der Waals surface area (Å²) in [6, 6.07) is 0. The third-order valence-corrected chi connectivity index (χ3v) is 5.94. The quantitative estimate of drug-likeness (QED) is 0.281. The van der Waals surface area contributed by atoms with Gasteiger partial charge in [-0.05, 0) is 40.0 Å².